The molecule has 27 heavy (non-hydrogen) atoms. The Morgan fingerprint density at radius 3 is 2.41 bits per heavy atom. The lowest BCUT2D eigenvalue weighted by Crippen LogP contribution is -2.35. The van der Waals surface area contributed by atoms with Crippen LogP contribution in [0, 0.1) is 0 Å². The number of amides is 1. The van der Waals surface area contributed by atoms with Crippen LogP contribution in [0.3, 0.4) is 0 Å². The van der Waals surface area contributed by atoms with E-state index in [1.54, 1.807) is 18.2 Å². The monoisotopic (exact) mass is 448 g/mol. The second-order valence-electron chi connectivity index (χ2n) is 6.37. The maximum atomic E-state index is 12.6. The van der Waals surface area contributed by atoms with E-state index in [4.69, 9.17) is 0 Å². The van der Waals surface area contributed by atoms with E-state index in [9.17, 15) is 13.2 Å². The molecule has 0 aromatic heterocycles. The van der Waals surface area contributed by atoms with Gasteiger partial charge in [-0.1, -0.05) is 34.5 Å². The molecule has 1 aliphatic rings. The van der Waals surface area contributed by atoms with E-state index in [1.165, 1.54) is 22.5 Å². The summed E-state index contributed by atoms with van der Waals surface area (Å²) in [4.78, 5) is 12.3. The maximum absolute atomic E-state index is 12.6. The lowest BCUT2D eigenvalue weighted by Gasteiger charge is -2.25. The number of nitrogens with one attached hydrogen (secondary N) is 1. The predicted octanol–water partition coefficient (Wildman–Crippen LogP) is 4.28. The highest BCUT2D eigenvalue weighted by atomic mass is 79.9. The van der Waals surface area contributed by atoms with E-state index < -0.39 is 10.0 Å². The second-order valence-corrected chi connectivity index (χ2v) is 9.22. The molecule has 0 spiro atoms. The number of benzene rings is 2. The normalized spacial score (nSPS) is 15.7. The molecule has 0 atom stereocenters. The van der Waals surface area contributed by atoms with Gasteiger partial charge in [0, 0.05) is 29.3 Å². The van der Waals surface area contributed by atoms with E-state index in [1.807, 2.05) is 24.3 Å². The van der Waals surface area contributed by atoms with Gasteiger partial charge < -0.3 is 5.32 Å². The molecule has 7 heteroatoms. The highest BCUT2D eigenvalue weighted by Gasteiger charge is 2.25. The van der Waals surface area contributed by atoms with Gasteiger partial charge in [-0.2, -0.15) is 4.31 Å². The summed E-state index contributed by atoms with van der Waals surface area (Å²) >= 11 is 3.39. The minimum absolute atomic E-state index is 0.257. The summed E-state index contributed by atoms with van der Waals surface area (Å²) in [5.41, 5.74) is 1.46. The Morgan fingerprint density at radius 2 is 1.74 bits per heavy atom. The number of hydrogen-bond donors (Lipinski definition) is 1. The van der Waals surface area contributed by atoms with E-state index in [-0.39, 0.29) is 10.8 Å². The van der Waals surface area contributed by atoms with Crippen LogP contribution in [-0.2, 0) is 14.8 Å². The molecule has 1 fully saturated rings. The Morgan fingerprint density at radius 1 is 1.04 bits per heavy atom. The van der Waals surface area contributed by atoms with Crippen molar-refractivity contribution in [3.63, 3.8) is 0 Å². The smallest absolute Gasteiger partial charge is 0.248 e. The van der Waals surface area contributed by atoms with Gasteiger partial charge >= 0.3 is 0 Å². The number of nitrogens with zero attached hydrogens (tertiary/aromatic N) is 1. The number of sulfonamides is 1. The minimum atomic E-state index is -3.46. The van der Waals surface area contributed by atoms with Crippen molar-refractivity contribution in [1.29, 1.82) is 0 Å². The lowest BCUT2D eigenvalue weighted by molar-refractivity contribution is -0.111. The van der Waals surface area contributed by atoms with Crippen LogP contribution in [0.2, 0.25) is 0 Å². The first-order valence-electron chi connectivity index (χ1n) is 8.80. The number of anilines is 1. The van der Waals surface area contributed by atoms with Crippen molar-refractivity contribution in [2.24, 2.45) is 0 Å². The van der Waals surface area contributed by atoms with Gasteiger partial charge in [0.05, 0.1) is 4.90 Å². The summed E-state index contributed by atoms with van der Waals surface area (Å²) in [7, 11) is -3.46. The predicted molar refractivity (Wildman–Crippen MR) is 111 cm³/mol. The highest BCUT2D eigenvalue weighted by molar-refractivity contribution is 9.10. The molecule has 0 bridgehead atoms. The van der Waals surface area contributed by atoms with Crippen LogP contribution in [0.5, 0.6) is 0 Å². The van der Waals surface area contributed by atoms with Gasteiger partial charge in [0.25, 0.3) is 0 Å². The fourth-order valence-electron chi connectivity index (χ4n) is 2.93. The fraction of sp³-hybridized carbons (Fsp3) is 0.250. The van der Waals surface area contributed by atoms with Crippen LogP contribution < -0.4 is 5.32 Å². The summed E-state index contributed by atoms with van der Waals surface area (Å²) in [6.45, 7) is 1.14. The summed E-state index contributed by atoms with van der Waals surface area (Å²) in [6, 6.07) is 13.9. The number of carbonyl (C=O) groups is 1. The minimum Gasteiger partial charge on any atom is -0.323 e. The molecular formula is C20H21BrN2O3S. The van der Waals surface area contributed by atoms with Gasteiger partial charge in [-0.3, -0.25) is 4.79 Å². The standard InChI is InChI=1S/C20H21BrN2O3S/c21-17-6-4-5-16(15-17)7-12-20(24)22-18-8-10-19(11-9-18)27(25,26)23-13-2-1-3-14-23/h4-12,15H,1-3,13-14H2,(H,22,24)/b12-7+. The first-order chi connectivity index (χ1) is 12.9. The van der Waals surface area contributed by atoms with Crippen LogP contribution in [0.4, 0.5) is 5.69 Å². The summed E-state index contributed by atoms with van der Waals surface area (Å²) in [6.07, 6.45) is 6.04. The lowest BCUT2D eigenvalue weighted by atomic mass is 10.2. The van der Waals surface area contributed by atoms with Crippen LogP contribution >= 0.6 is 15.9 Å². The first kappa shape index (κ1) is 19.8. The van der Waals surface area contributed by atoms with E-state index in [0.29, 0.717) is 18.8 Å². The van der Waals surface area contributed by atoms with Crippen molar-refractivity contribution < 1.29 is 13.2 Å². The zero-order valence-corrected chi connectivity index (χ0v) is 17.2. The van der Waals surface area contributed by atoms with Gasteiger partial charge in [0.1, 0.15) is 0 Å². The number of rotatable bonds is 5. The molecule has 2 aromatic rings. The zero-order chi connectivity index (χ0) is 19.3. The summed E-state index contributed by atoms with van der Waals surface area (Å²) < 4.78 is 27.7. The molecule has 1 heterocycles. The third kappa shape index (κ3) is 5.28. The zero-order valence-electron chi connectivity index (χ0n) is 14.8. The average Bonchev–Trinajstić information content (AvgIpc) is 2.68. The van der Waals surface area contributed by atoms with Gasteiger partial charge in [-0.15, -0.1) is 0 Å². The molecule has 0 aliphatic carbocycles. The van der Waals surface area contributed by atoms with Crippen molar-refractivity contribution >= 4 is 43.6 Å². The van der Waals surface area contributed by atoms with Crippen molar-refractivity contribution in [1.82, 2.24) is 4.31 Å². The summed E-state index contributed by atoms with van der Waals surface area (Å²) in [5.74, 6) is -0.276. The number of hydrogen-bond acceptors (Lipinski definition) is 3. The van der Waals surface area contributed by atoms with Crippen molar-refractivity contribution in [2.75, 3.05) is 18.4 Å². The van der Waals surface area contributed by atoms with Crippen LogP contribution in [-0.4, -0.2) is 31.7 Å². The highest BCUT2D eigenvalue weighted by Crippen LogP contribution is 2.22. The Hall–Kier alpha value is -1.96. The molecule has 1 saturated heterocycles. The molecule has 5 nitrogen and oxygen atoms in total. The molecule has 142 valence electrons. The molecule has 1 aliphatic heterocycles. The van der Waals surface area contributed by atoms with Gasteiger partial charge in [0.15, 0.2) is 0 Å². The molecule has 3 rings (SSSR count). The summed E-state index contributed by atoms with van der Waals surface area (Å²) in [5, 5.41) is 2.74. The van der Waals surface area contributed by atoms with Crippen LogP contribution in [0.15, 0.2) is 64.0 Å². The van der Waals surface area contributed by atoms with Crippen molar-refractivity contribution in [3.05, 3.63) is 64.6 Å². The Bertz CT molecular complexity index is 934. The second kappa shape index (κ2) is 8.82. The third-order valence-electron chi connectivity index (χ3n) is 4.35. The van der Waals surface area contributed by atoms with Crippen LogP contribution in [0.25, 0.3) is 6.08 Å². The van der Waals surface area contributed by atoms with Crippen molar-refractivity contribution in [3.8, 4) is 0 Å². The van der Waals surface area contributed by atoms with Crippen molar-refractivity contribution in [2.45, 2.75) is 24.2 Å². The molecule has 0 radical (unpaired) electrons. The average molecular weight is 449 g/mol. The third-order valence-corrected chi connectivity index (χ3v) is 6.76. The molecular weight excluding hydrogens is 428 g/mol. The van der Waals surface area contributed by atoms with Gasteiger partial charge in [-0.25, -0.2) is 8.42 Å². The SMILES string of the molecule is O=C(/C=C/c1cccc(Br)c1)Nc1ccc(S(=O)(=O)N2CCCCC2)cc1. The van der Waals surface area contributed by atoms with Gasteiger partial charge in [0.2, 0.25) is 15.9 Å². The quantitative estimate of drug-likeness (QED) is 0.694. The number of piperidine rings is 1. The molecule has 1 N–H and O–H groups in total. The molecule has 0 saturated carbocycles. The largest absolute Gasteiger partial charge is 0.323 e. The maximum Gasteiger partial charge on any atom is 0.248 e. The molecule has 1 amide bonds. The Kier molecular flexibility index (Phi) is 6.46. The molecule has 2 aromatic carbocycles. The number of halogens is 1. The topological polar surface area (TPSA) is 66.5 Å². The van der Waals surface area contributed by atoms with Gasteiger partial charge in [-0.05, 0) is 60.9 Å². The van der Waals surface area contributed by atoms with E-state index in [2.05, 4.69) is 21.2 Å². The fourth-order valence-corrected chi connectivity index (χ4v) is 4.86. The van der Waals surface area contributed by atoms with E-state index in [0.717, 1.165) is 29.3 Å². The molecule has 0 unspecified atom stereocenters. The number of carbonyl (C=O) groups excluding carboxylic acids is 1. The first-order valence-corrected chi connectivity index (χ1v) is 11.0. The van der Waals surface area contributed by atoms with Crippen LogP contribution in [0.1, 0.15) is 24.8 Å². The Labute approximate surface area is 168 Å². The van der Waals surface area contributed by atoms with E-state index >= 15 is 0 Å². The Balaban J connectivity index is 1.64.